The minimum absolute atomic E-state index is 0.0969. The van der Waals surface area contributed by atoms with Gasteiger partial charge in [-0.1, -0.05) is 5.10 Å². The van der Waals surface area contributed by atoms with Gasteiger partial charge in [0.05, 0.1) is 5.10 Å². The zero-order chi connectivity index (χ0) is 11.8. The Bertz CT molecular complexity index is 744. The Morgan fingerprint density at radius 2 is 1.88 bits per heavy atom. The number of fused-ring (bicyclic) bond motifs is 2. The average Bonchev–Trinajstić information content (AvgIpc) is 2.35. The Labute approximate surface area is 91.9 Å². The molecule has 0 saturated heterocycles. The summed E-state index contributed by atoms with van der Waals surface area (Å²) in [4.78, 5) is 21.2. The molecule has 82 valence electrons. The quantitative estimate of drug-likeness (QED) is 0.312. The van der Waals surface area contributed by atoms with Gasteiger partial charge in [0, 0.05) is 6.07 Å². The summed E-state index contributed by atoms with van der Waals surface area (Å²) in [5.74, 6) is -0.605. The summed E-state index contributed by atoms with van der Waals surface area (Å²) in [5.41, 5.74) is 1.11. The van der Waals surface area contributed by atoms with Crippen molar-refractivity contribution in [2.24, 2.45) is 0 Å². The molecule has 10 heteroatoms. The van der Waals surface area contributed by atoms with Crippen LogP contribution in [0.15, 0.2) is 12.4 Å². The molecule has 0 radical (unpaired) electrons. The van der Waals surface area contributed by atoms with Crippen molar-refractivity contribution in [1.29, 1.82) is 0 Å². The molecule has 0 atom stereocenters. The van der Waals surface area contributed by atoms with Crippen molar-refractivity contribution < 1.29 is 4.92 Å². The predicted molar refractivity (Wildman–Crippen MR) is 52.7 cm³/mol. The summed E-state index contributed by atoms with van der Waals surface area (Å²) in [6.07, 6.45) is 1.23. The predicted octanol–water partition coefficient (Wildman–Crippen LogP) is -0.334. The van der Waals surface area contributed by atoms with Crippen LogP contribution in [-0.4, -0.2) is 40.3 Å². The highest BCUT2D eigenvalue weighted by molar-refractivity contribution is 5.83. The molecule has 0 aliphatic heterocycles. The van der Waals surface area contributed by atoms with E-state index in [-0.39, 0.29) is 5.65 Å². The minimum atomic E-state index is -0.740. The standard InChI is InChI=1S/C7H2N8O2/c16-15(17)7-11-6-4(13-14-7)1-3-5(10-6)8-2-9-12-3/h1-2H. The first-order valence-corrected chi connectivity index (χ1v) is 4.37. The molecule has 0 unspecified atom stereocenters. The van der Waals surface area contributed by atoms with E-state index in [2.05, 4.69) is 35.3 Å². The van der Waals surface area contributed by atoms with Gasteiger partial charge in [0.15, 0.2) is 11.2 Å². The molecule has 3 aromatic rings. The van der Waals surface area contributed by atoms with E-state index >= 15 is 0 Å². The van der Waals surface area contributed by atoms with E-state index in [0.29, 0.717) is 16.7 Å². The van der Waals surface area contributed by atoms with Crippen molar-refractivity contribution in [2.45, 2.75) is 0 Å². The van der Waals surface area contributed by atoms with Gasteiger partial charge in [-0.15, -0.1) is 10.2 Å². The summed E-state index contributed by atoms with van der Waals surface area (Å²) >= 11 is 0. The van der Waals surface area contributed by atoms with E-state index in [0.717, 1.165) is 0 Å². The lowest BCUT2D eigenvalue weighted by molar-refractivity contribution is -0.394. The summed E-state index contributed by atoms with van der Waals surface area (Å²) in [6, 6.07) is 1.52. The number of hydrogen-bond acceptors (Lipinski definition) is 9. The third-order valence-electron chi connectivity index (χ3n) is 1.96. The van der Waals surface area contributed by atoms with Gasteiger partial charge in [0.2, 0.25) is 0 Å². The van der Waals surface area contributed by atoms with Crippen LogP contribution in [0.4, 0.5) is 5.95 Å². The molecule has 3 heterocycles. The van der Waals surface area contributed by atoms with E-state index in [4.69, 9.17) is 0 Å². The minimum Gasteiger partial charge on any atom is -0.390 e. The van der Waals surface area contributed by atoms with Gasteiger partial charge in [0.1, 0.15) is 11.8 Å². The summed E-state index contributed by atoms with van der Waals surface area (Å²) in [5, 5.41) is 24.8. The van der Waals surface area contributed by atoms with Crippen molar-refractivity contribution in [1.82, 2.24) is 35.3 Å². The number of nitro groups is 1. The zero-order valence-corrected chi connectivity index (χ0v) is 8.05. The van der Waals surface area contributed by atoms with Crippen LogP contribution in [0.2, 0.25) is 0 Å². The van der Waals surface area contributed by atoms with Crippen LogP contribution in [0, 0.1) is 10.1 Å². The molecular weight excluding hydrogens is 228 g/mol. The molecule has 0 amide bonds. The van der Waals surface area contributed by atoms with Crippen LogP contribution in [0.5, 0.6) is 0 Å². The lowest BCUT2D eigenvalue weighted by atomic mass is 10.4. The first kappa shape index (κ1) is 9.33. The number of pyridine rings is 1. The van der Waals surface area contributed by atoms with E-state index in [1.54, 1.807) is 0 Å². The topological polar surface area (TPSA) is 133 Å². The molecule has 17 heavy (non-hydrogen) atoms. The lowest BCUT2D eigenvalue weighted by Crippen LogP contribution is -2.01. The van der Waals surface area contributed by atoms with Gasteiger partial charge < -0.3 is 10.1 Å². The second kappa shape index (κ2) is 3.30. The fourth-order valence-electron chi connectivity index (χ4n) is 1.26. The fourth-order valence-corrected chi connectivity index (χ4v) is 1.26. The lowest BCUT2D eigenvalue weighted by Gasteiger charge is -1.94. The molecule has 0 aromatic carbocycles. The highest BCUT2D eigenvalue weighted by atomic mass is 16.6. The number of nitrogens with zero attached hydrogens (tertiary/aromatic N) is 8. The number of rotatable bonds is 1. The SMILES string of the molecule is O=[N+]([O-])c1nnc2cc3nncnc3nc2n1. The zero-order valence-electron chi connectivity index (χ0n) is 8.05. The molecule has 0 N–H and O–H groups in total. The molecule has 0 saturated carbocycles. The number of aromatic nitrogens is 7. The van der Waals surface area contributed by atoms with Gasteiger partial charge >= 0.3 is 5.95 Å². The monoisotopic (exact) mass is 230 g/mol. The fraction of sp³-hybridized carbons (Fsp3) is 0. The van der Waals surface area contributed by atoms with Crippen LogP contribution < -0.4 is 0 Å². The summed E-state index contributed by atoms with van der Waals surface area (Å²) < 4.78 is 0. The van der Waals surface area contributed by atoms with Crippen LogP contribution in [-0.2, 0) is 0 Å². The van der Waals surface area contributed by atoms with Crippen molar-refractivity contribution >= 4 is 28.3 Å². The highest BCUT2D eigenvalue weighted by Gasteiger charge is 2.15. The molecule has 3 rings (SSSR count). The van der Waals surface area contributed by atoms with Gasteiger partial charge in [-0.05, 0) is 9.91 Å². The third-order valence-corrected chi connectivity index (χ3v) is 1.96. The Kier molecular flexibility index (Phi) is 1.81. The number of hydrogen-bond donors (Lipinski definition) is 0. The molecule has 0 bridgehead atoms. The molecular formula is C7H2N8O2. The van der Waals surface area contributed by atoms with Crippen LogP contribution in [0.1, 0.15) is 0 Å². The second-order valence-electron chi connectivity index (χ2n) is 3.00. The van der Waals surface area contributed by atoms with Crippen LogP contribution >= 0.6 is 0 Å². The van der Waals surface area contributed by atoms with Crippen LogP contribution in [0.3, 0.4) is 0 Å². The van der Waals surface area contributed by atoms with E-state index in [1.165, 1.54) is 12.4 Å². The Balaban J connectivity index is 2.36. The van der Waals surface area contributed by atoms with Crippen molar-refractivity contribution in [3.63, 3.8) is 0 Å². The largest absolute Gasteiger partial charge is 0.493 e. The van der Waals surface area contributed by atoms with E-state index in [1.807, 2.05) is 0 Å². The van der Waals surface area contributed by atoms with Gasteiger partial charge in [0.25, 0.3) is 5.65 Å². The normalized spacial score (nSPS) is 10.8. The summed E-state index contributed by atoms with van der Waals surface area (Å²) in [6.45, 7) is 0. The van der Waals surface area contributed by atoms with Gasteiger partial charge in [-0.25, -0.2) is 4.98 Å². The first-order chi connectivity index (χ1) is 8.24. The van der Waals surface area contributed by atoms with Crippen LogP contribution in [0.25, 0.3) is 22.3 Å². The highest BCUT2D eigenvalue weighted by Crippen LogP contribution is 2.13. The maximum Gasteiger partial charge on any atom is 0.493 e. The summed E-state index contributed by atoms with van der Waals surface area (Å²) in [7, 11) is 0. The molecule has 3 aromatic heterocycles. The third kappa shape index (κ3) is 1.47. The molecule has 10 nitrogen and oxygen atoms in total. The van der Waals surface area contributed by atoms with E-state index in [9.17, 15) is 10.1 Å². The Morgan fingerprint density at radius 1 is 1.06 bits per heavy atom. The van der Waals surface area contributed by atoms with Crippen molar-refractivity contribution in [3.8, 4) is 0 Å². The maximum atomic E-state index is 10.5. The second-order valence-corrected chi connectivity index (χ2v) is 3.00. The average molecular weight is 230 g/mol. The van der Waals surface area contributed by atoms with E-state index < -0.39 is 10.9 Å². The molecule has 0 spiro atoms. The Morgan fingerprint density at radius 3 is 2.71 bits per heavy atom. The Hall–Kier alpha value is -2.91. The van der Waals surface area contributed by atoms with Crippen molar-refractivity contribution in [3.05, 3.63) is 22.5 Å². The molecule has 0 aliphatic carbocycles. The molecule has 0 fully saturated rings. The molecule has 0 aliphatic rings. The van der Waals surface area contributed by atoms with Crippen molar-refractivity contribution in [2.75, 3.05) is 0 Å². The smallest absolute Gasteiger partial charge is 0.390 e. The maximum absolute atomic E-state index is 10.5. The van der Waals surface area contributed by atoms with Gasteiger partial charge in [-0.3, -0.25) is 0 Å². The first-order valence-electron chi connectivity index (χ1n) is 4.37. The van der Waals surface area contributed by atoms with Gasteiger partial charge in [-0.2, -0.15) is 4.98 Å².